The normalized spacial score (nSPS) is 12.2. The van der Waals surface area contributed by atoms with Crippen molar-refractivity contribution in [2.45, 2.75) is 12.8 Å². The third-order valence-electron chi connectivity index (χ3n) is 3.04. The molecule has 0 fully saturated rings. The molecule has 0 saturated heterocycles. The van der Waals surface area contributed by atoms with E-state index in [0.717, 1.165) is 5.69 Å². The van der Waals surface area contributed by atoms with Gasteiger partial charge >= 0.3 is 0 Å². The van der Waals surface area contributed by atoms with Crippen molar-refractivity contribution >= 4 is 5.78 Å². The monoisotopic (exact) mass is 267 g/mol. The molecular weight excluding hydrogens is 257 g/mol. The molecule has 2 aromatic heterocycles. The minimum atomic E-state index is -0.554. The number of aryl methyl sites for hydroxylation is 1. The first kappa shape index (κ1) is 12.2. The molecule has 5 nitrogen and oxygen atoms in total. The average Bonchev–Trinajstić information content (AvgIpc) is 2.89. The van der Waals surface area contributed by atoms with E-state index in [-0.39, 0.29) is 5.82 Å². The fourth-order valence-electron chi connectivity index (χ4n) is 2.13. The van der Waals surface area contributed by atoms with Crippen molar-refractivity contribution in [3.05, 3.63) is 59.4 Å². The van der Waals surface area contributed by atoms with E-state index in [9.17, 15) is 9.65 Å². The zero-order valence-electron chi connectivity index (χ0n) is 10.7. The molecule has 0 aliphatic heterocycles. The molecule has 0 radical (unpaired) electrons. The molecule has 0 bridgehead atoms. The van der Waals surface area contributed by atoms with E-state index in [1.807, 2.05) is 6.92 Å². The van der Waals surface area contributed by atoms with E-state index in [1.54, 1.807) is 18.2 Å². The van der Waals surface area contributed by atoms with Crippen LogP contribution in [-0.2, 0) is 0 Å². The molecule has 0 saturated carbocycles. The number of rotatable bonds is 2. The Bertz CT molecular complexity index is 801. The number of nitriles is 1. The summed E-state index contributed by atoms with van der Waals surface area (Å²) in [5, 5.41) is 13.6. The predicted octanol–water partition coefficient (Wildman–Crippen LogP) is 2.23. The van der Waals surface area contributed by atoms with Gasteiger partial charge in [0.25, 0.3) is 5.78 Å². The van der Waals surface area contributed by atoms with Crippen molar-refractivity contribution < 1.29 is 4.39 Å². The molecule has 0 amide bonds. The number of aromatic nitrogens is 4. The smallest absolute Gasteiger partial charge is 0.216 e. The molecule has 0 aliphatic carbocycles. The Labute approximate surface area is 114 Å². The Morgan fingerprint density at radius 1 is 1.30 bits per heavy atom. The fourth-order valence-corrected chi connectivity index (χ4v) is 2.13. The van der Waals surface area contributed by atoms with Gasteiger partial charge in [0.15, 0.2) is 0 Å². The Morgan fingerprint density at radius 2 is 2.05 bits per heavy atom. The van der Waals surface area contributed by atoms with E-state index in [4.69, 9.17) is 0 Å². The molecule has 2 heterocycles. The van der Waals surface area contributed by atoms with E-state index in [2.05, 4.69) is 21.1 Å². The lowest BCUT2D eigenvalue weighted by Gasteiger charge is -2.11. The summed E-state index contributed by atoms with van der Waals surface area (Å²) in [6.07, 6.45) is 1.39. The van der Waals surface area contributed by atoms with Crippen molar-refractivity contribution in [2.75, 3.05) is 0 Å². The van der Waals surface area contributed by atoms with Gasteiger partial charge in [0.2, 0.25) is 0 Å². The third kappa shape index (κ3) is 1.99. The lowest BCUT2D eigenvalue weighted by molar-refractivity contribution is 0.626. The molecular formula is C14H10FN5. The molecule has 3 rings (SSSR count). The molecule has 20 heavy (non-hydrogen) atoms. The molecule has 3 aromatic rings. The van der Waals surface area contributed by atoms with Gasteiger partial charge in [0.05, 0.1) is 11.8 Å². The summed E-state index contributed by atoms with van der Waals surface area (Å²) in [7, 11) is 0. The third-order valence-corrected chi connectivity index (χ3v) is 3.04. The van der Waals surface area contributed by atoms with Crippen LogP contribution < -0.4 is 0 Å². The zero-order valence-corrected chi connectivity index (χ0v) is 10.7. The standard InChI is InChI=1S/C14H10FN5/c1-9-6-13(20-14(19-9)17-8-18-20)12(7-16)10-2-4-11(15)5-3-10/h2-6,8,12H,1H3. The Balaban J connectivity index is 2.19. The fraction of sp³-hybridized carbons (Fsp3) is 0.143. The minimum Gasteiger partial charge on any atom is -0.216 e. The zero-order chi connectivity index (χ0) is 14.1. The molecule has 98 valence electrons. The maximum Gasteiger partial charge on any atom is 0.252 e. The van der Waals surface area contributed by atoms with Gasteiger partial charge in [0, 0.05) is 5.69 Å². The summed E-state index contributed by atoms with van der Waals surface area (Å²) in [6.45, 7) is 1.83. The quantitative estimate of drug-likeness (QED) is 0.714. The number of fused-ring (bicyclic) bond motifs is 1. The largest absolute Gasteiger partial charge is 0.252 e. The summed E-state index contributed by atoms with van der Waals surface area (Å²) < 4.78 is 14.5. The van der Waals surface area contributed by atoms with Crippen LogP contribution in [0.3, 0.4) is 0 Å². The van der Waals surface area contributed by atoms with Crippen LogP contribution in [0.25, 0.3) is 5.78 Å². The maximum atomic E-state index is 13.0. The van der Waals surface area contributed by atoms with Crippen molar-refractivity contribution in [3.63, 3.8) is 0 Å². The second-order valence-electron chi connectivity index (χ2n) is 4.41. The van der Waals surface area contributed by atoms with Crippen LogP contribution >= 0.6 is 0 Å². The van der Waals surface area contributed by atoms with Crippen LogP contribution in [0.1, 0.15) is 22.9 Å². The van der Waals surface area contributed by atoms with E-state index in [1.165, 1.54) is 23.0 Å². The van der Waals surface area contributed by atoms with Gasteiger partial charge in [-0.15, -0.1) is 0 Å². The summed E-state index contributed by atoms with van der Waals surface area (Å²) in [4.78, 5) is 8.28. The van der Waals surface area contributed by atoms with Crippen LogP contribution in [0.15, 0.2) is 36.7 Å². The van der Waals surface area contributed by atoms with Crippen LogP contribution in [0.5, 0.6) is 0 Å². The minimum absolute atomic E-state index is 0.331. The van der Waals surface area contributed by atoms with Gasteiger partial charge in [-0.05, 0) is 30.7 Å². The number of halogens is 1. The summed E-state index contributed by atoms with van der Waals surface area (Å²) in [5.41, 5.74) is 2.12. The molecule has 0 N–H and O–H groups in total. The Hall–Kier alpha value is -2.81. The summed E-state index contributed by atoms with van der Waals surface area (Å²) >= 11 is 0. The van der Waals surface area contributed by atoms with Gasteiger partial charge in [-0.3, -0.25) is 0 Å². The van der Waals surface area contributed by atoms with Gasteiger partial charge in [0.1, 0.15) is 18.1 Å². The van der Waals surface area contributed by atoms with Crippen molar-refractivity contribution in [2.24, 2.45) is 0 Å². The first-order valence-electron chi connectivity index (χ1n) is 6.01. The molecule has 1 unspecified atom stereocenters. The molecule has 0 aliphatic rings. The highest BCUT2D eigenvalue weighted by Crippen LogP contribution is 2.24. The molecule has 1 atom stereocenters. The Morgan fingerprint density at radius 3 is 2.75 bits per heavy atom. The lowest BCUT2D eigenvalue weighted by atomic mass is 9.96. The molecule has 0 spiro atoms. The second kappa shape index (κ2) is 4.70. The molecule has 1 aromatic carbocycles. The van der Waals surface area contributed by atoms with Crippen molar-refractivity contribution in [1.82, 2.24) is 19.6 Å². The maximum absolute atomic E-state index is 13.0. The highest BCUT2D eigenvalue weighted by Gasteiger charge is 2.18. The number of benzene rings is 1. The van der Waals surface area contributed by atoms with Crippen molar-refractivity contribution in [1.29, 1.82) is 5.26 Å². The van der Waals surface area contributed by atoms with Gasteiger partial charge < -0.3 is 0 Å². The number of hydrogen-bond acceptors (Lipinski definition) is 4. The SMILES string of the molecule is Cc1cc(C(C#N)c2ccc(F)cc2)n2ncnc2n1. The van der Waals surface area contributed by atoms with E-state index in [0.29, 0.717) is 17.0 Å². The lowest BCUT2D eigenvalue weighted by Crippen LogP contribution is -2.08. The highest BCUT2D eigenvalue weighted by atomic mass is 19.1. The number of nitrogens with zero attached hydrogens (tertiary/aromatic N) is 5. The van der Waals surface area contributed by atoms with E-state index < -0.39 is 5.92 Å². The van der Waals surface area contributed by atoms with Gasteiger partial charge in [-0.2, -0.15) is 19.9 Å². The van der Waals surface area contributed by atoms with Crippen LogP contribution in [0, 0.1) is 24.1 Å². The van der Waals surface area contributed by atoms with Crippen molar-refractivity contribution in [3.8, 4) is 6.07 Å². The second-order valence-corrected chi connectivity index (χ2v) is 4.41. The summed E-state index contributed by atoms with van der Waals surface area (Å²) in [6, 6.07) is 9.89. The first-order chi connectivity index (χ1) is 9.69. The first-order valence-corrected chi connectivity index (χ1v) is 6.01. The highest BCUT2D eigenvalue weighted by molar-refractivity contribution is 5.40. The average molecular weight is 267 g/mol. The van der Waals surface area contributed by atoms with Crippen LogP contribution in [0.4, 0.5) is 4.39 Å². The van der Waals surface area contributed by atoms with Crippen LogP contribution in [-0.4, -0.2) is 19.6 Å². The topological polar surface area (TPSA) is 66.9 Å². The summed E-state index contributed by atoms with van der Waals surface area (Å²) in [5.74, 6) is -0.439. The van der Waals surface area contributed by atoms with Crippen LogP contribution in [0.2, 0.25) is 0 Å². The number of hydrogen-bond donors (Lipinski definition) is 0. The molecule has 6 heteroatoms. The van der Waals surface area contributed by atoms with Gasteiger partial charge in [-0.25, -0.2) is 9.37 Å². The van der Waals surface area contributed by atoms with E-state index >= 15 is 0 Å². The Kier molecular flexibility index (Phi) is 2.88. The predicted molar refractivity (Wildman–Crippen MR) is 69.4 cm³/mol. The van der Waals surface area contributed by atoms with Gasteiger partial charge in [-0.1, -0.05) is 12.1 Å².